The van der Waals surface area contributed by atoms with Crippen LogP contribution >= 0.6 is 0 Å². The highest BCUT2D eigenvalue weighted by Gasteiger charge is 2.48. The smallest absolute Gasteiger partial charge is 0.333 e. The van der Waals surface area contributed by atoms with Gasteiger partial charge in [-0.1, -0.05) is 259 Å². The van der Waals surface area contributed by atoms with Crippen molar-refractivity contribution >= 4 is 211 Å². The van der Waals surface area contributed by atoms with Crippen LogP contribution in [0.3, 0.4) is 0 Å². The predicted molar refractivity (Wildman–Crippen MR) is 523 cm³/mol. The Balaban J connectivity index is 0.737. The molecule has 3 aromatic heterocycles. The Hall–Kier alpha value is -13.1. The van der Waals surface area contributed by atoms with Gasteiger partial charge in [-0.05, 0) is 299 Å². The summed E-state index contributed by atoms with van der Waals surface area (Å²) in [5.74, 6) is 0. The Bertz CT molecular complexity index is 8330. The van der Waals surface area contributed by atoms with Crippen molar-refractivity contribution in [3.63, 3.8) is 0 Å². The van der Waals surface area contributed by atoms with E-state index >= 15 is 0 Å². The van der Waals surface area contributed by atoms with Gasteiger partial charge in [-0.2, -0.15) is 0 Å². The number of fused-ring (bicyclic) bond motifs is 28. The highest BCUT2D eigenvalue weighted by molar-refractivity contribution is 6.91. The van der Waals surface area contributed by atoms with Crippen LogP contribution in [-0.2, 0) is 21.7 Å². The minimum Gasteiger partial charge on any atom is -0.455 e. The van der Waals surface area contributed by atoms with Crippen molar-refractivity contribution in [2.45, 2.75) is 132 Å². The number of para-hydroxylation sites is 2. The number of aryl methyl sites for hydroxylation is 4. The van der Waals surface area contributed by atoms with E-state index in [2.05, 4.69) is 396 Å². The van der Waals surface area contributed by atoms with Gasteiger partial charge in [0.05, 0.1) is 0 Å². The van der Waals surface area contributed by atoms with E-state index in [4.69, 9.17) is 4.42 Å². The maximum Gasteiger partial charge on any atom is 0.333 e. The third-order valence-corrected chi connectivity index (χ3v) is 29.1. The molecule has 0 fully saturated rings. The van der Waals surface area contributed by atoms with Gasteiger partial charge in [0.2, 0.25) is 0 Å². The average molecular weight is 1560 g/mol. The Morgan fingerprint density at radius 3 is 1.11 bits per heavy atom. The van der Waals surface area contributed by atoms with E-state index in [0.29, 0.717) is 0 Å². The molecule has 0 amide bonds. The molecule has 0 N–H and O–H groups in total. The fraction of sp³-hybridized carbons (Fsp3) is 0.175. The number of anilines is 6. The molecule has 4 aliphatic heterocycles. The molecule has 21 aromatic rings. The van der Waals surface area contributed by atoms with Crippen molar-refractivity contribution < 1.29 is 4.42 Å². The Morgan fingerprint density at radius 1 is 0.273 bits per heavy atom. The summed E-state index contributed by atoms with van der Waals surface area (Å²) < 4.78 is 13.4. The van der Waals surface area contributed by atoms with Gasteiger partial charge < -0.3 is 23.2 Å². The maximum atomic E-state index is 7.88. The van der Waals surface area contributed by atoms with Gasteiger partial charge in [0.25, 0.3) is 0 Å². The van der Waals surface area contributed by atoms with Gasteiger partial charge >= 0.3 is 13.7 Å². The summed E-state index contributed by atoms with van der Waals surface area (Å²) in [6.07, 6.45) is 0. The topological polar surface area (TPSA) is 29.5 Å². The van der Waals surface area contributed by atoms with Crippen LogP contribution in [-0.4, -0.2) is 22.7 Å². The Kier molecular flexibility index (Phi) is 14.0. The Labute approximate surface area is 706 Å². The van der Waals surface area contributed by atoms with Gasteiger partial charge in [0.1, 0.15) is 11.2 Å². The molecule has 0 saturated heterocycles. The minimum absolute atomic E-state index is 0.122. The third kappa shape index (κ3) is 9.56. The molecule has 580 valence electrons. The van der Waals surface area contributed by atoms with Crippen molar-refractivity contribution in [3.05, 3.63) is 311 Å². The number of hydrogen-bond acceptors (Lipinski definition) is 3. The molecule has 0 unspecified atom stereocenters. The first-order chi connectivity index (χ1) is 58.2. The maximum absolute atomic E-state index is 7.88. The third-order valence-electron chi connectivity index (χ3n) is 29.1. The zero-order valence-corrected chi connectivity index (χ0v) is 71.8. The van der Waals surface area contributed by atoms with Crippen molar-refractivity contribution in [3.8, 4) is 33.4 Å². The SMILES string of the molecule is Cc1c2ccc(-c3ccc4c(c3)oc3c5c6c(cc34)N(c3cc(C(C)(C)C)cc(C(C)(C)C)c3)c3cc4c(C)c7ccccc7c(C)c4cc3B6n3c4ccccc4c4c6ccccc6cc-5c43)cc2c(C)c2cc3c(cc12)B1c2c(cc4ccccc4c2-c2cc4ccccc4c4c5ccccc5n1c24)N3c1cc(C(C)(C)C)cc(C(C)(C)C)c1. The van der Waals surface area contributed by atoms with Gasteiger partial charge in [0.15, 0.2) is 0 Å². The van der Waals surface area contributed by atoms with Crippen molar-refractivity contribution in [2.75, 3.05) is 9.80 Å². The first-order valence-electron chi connectivity index (χ1n) is 43.6. The molecule has 4 aliphatic rings. The zero-order chi connectivity index (χ0) is 82.2. The normalized spacial score (nSPS) is 13.9. The molecular formula is C114H92B2N4O. The number of nitrogens with zero attached hydrogens (tertiary/aromatic N) is 4. The van der Waals surface area contributed by atoms with Crippen LogP contribution in [0.2, 0.25) is 0 Å². The van der Waals surface area contributed by atoms with Crippen molar-refractivity contribution in [1.82, 2.24) is 8.96 Å². The fourth-order valence-electron chi connectivity index (χ4n) is 22.8. The first-order valence-corrected chi connectivity index (χ1v) is 43.6. The summed E-state index contributed by atoms with van der Waals surface area (Å²) in [5.41, 5.74) is 36.4. The summed E-state index contributed by atoms with van der Waals surface area (Å²) in [6, 6.07) is 105. The van der Waals surface area contributed by atoms with E-state index in [1.807, 2.05) is 0 Å². The number of aromatic nitrogens is 2. The van der Waals surface area contributed by atoms with E-state index in [1.165, 1.54) is 242 Å². The van der Waals surface area contributed by atoms with E-state index in [9.17, 15) is 0 Å². The average Bonchev–Trinajstić information content (AvgIpc) is 1.56. The number of benzene rings is 18. The van der Waals surface area contributed by atoms with E-state index in [0.717, 1.165) is 33.1 Å². The van der Waals surface area contributed by atoms with Crippen LogP contribution in [0.25, 0.3) is 174 Å². The van der Waals surface area contributed by atoms with Crippen molar-refractivity contribution in [2.24, 2.45) is 0 Å². The molecule has 7 heterocycles. The predicted octanol–water partition coefficient (Wildman–Crippen LogP) is 28.8. The van der Waals surface area contributed by atoms with Gasteiger partial charge in [-0.3, -0.25) is 0 Å². The minimum atomic E-state index is -0.223. The number of furan rings is 1. The van der Waals surface area contributed by atoms with Crippen LogP contribution in [0, 0.1) is 27.7 Å². The van der Waals surface area contributed by atoms with Crippen molar-refractivity contribution in [1.29, 1.82) is 0 Å². The standard InChI is InChI=1S/C114H92B2N4O/c1-61-76-32-23-24-33-77(76)62(2)88-58-98-94(56-86(61)88)116-107-100(118(98)75-54-72(113(11,12)13)51-73(55-75)114(14,15)16)60-90-82-44-42-66(49-101(82)121-110(90)105(107)92-47-68-30-18-22-36-81(68)104-84-38-26-28-40-96(84)120(116)109(92)104)65-41-43-78-63(3)87-57-93-97(59-89(87)64(4)85(78)45-65)117(74-52-70(111(5,6)7)50-71(53-74)112(8,9)10)99-48-69-31-19-20-34-79(69)102-91-46-67-29-17-21-35-80(67)103-83-37-25-27-39-95(83)119(108(91)103)115(93)106(99)102/h17-60H,1-16H3. The summed E-state index contributed by atoms with van der Waals surface area (Å²) in [5, 5.41) is 25.1. The van der Waals surface area contributed by atoms with Gasteiger partial charge in [-0.25, -0.2) is 0 Å². The molecule has 0 atom stereocenters. The largest absolute Gasteiger partial charge is 0.455 e. The van der Waals surface area contributed by atoms with Crippen LogP contribution < -0.4 is 31.7 Å². The quantitative estimate of drug-likeness (QED) is 0.130. The lowest BCUT2D eigenvalue weighted by Crippen LogP contribution is -2.56. The molecule has 25 rings (SSSR count). The van der Waals surface area contributed by atoms with Crippen LogP contribution in [0.1, 0.15) is 128 Å². The molecule has 7 heteroatoms. The summed E-state index contributed by atoms with van der Waals surface area (Å²) in [4.78, 5) is 5.37. The Morgan fingerprint density at radius 2 is 0.628 bits per heavy atom. The lowest BCUT2D eigenvalue weighted by Gasteiger charge is -2.42. The number of rotatable bonds is 3. The molecule has 0 saturated carbocycles. The molecule has 5 nitrogen and oxygen atoms in total. The van der Waals surface area contributed by atoms with E-state index in [1.54, 1.807) is 0 Å². The summed E-state index contributed by atoms with van der Waals surface area (Å²) >= 11 is 0. The van der Waals surface area contributed by atoms with E-state index in [-0.39, 0.29) is 35.4 Å². The highest BCUT2D eigenvalue weighted by atomic mass is 16.3. The molecular weight excluding hydrogens is 1460 g/mol. The number of hydrogen-bond donors (Lipinski definition) is 0. The fourth-order valence-corrected chi connectivity index (χ4v) is 22.8. The molecule has 18 aromatic carbocycles. The van der Waals surface area contributed by atoms with Gasteiger partial charge in [0, 0.05) is 105 Å². The van der Waals surface area contributed by atoms with E-state index < -0.39 is 0 Å². The van der Waals surface area contributed by atoms with Crippen LogP contribution in [0.15, 0.2) is 271 Å². The molecule has 0 radical (unpaired) electrons. The lowest BCUT2D eigenvalue weighted by atomic mass is 9.44. The second kappa shape index (κ2) is 23.9. The molecule has 121 heavy (non-hydrogen) atoms. The zero-order valence-electron chi connectivity index (χ0n) is 71.8. The van der Waals surface area contributed by atoms with Crippen LogP contribution in [0.5, 0.6) is 0 Å². The first kappa shape index (κ1) is 70.9. The molecule has 0 aliphatic carbocycles. The monoisotopic (exact) mass is 1550 g/mol. The summed E-state index contributed by atoms with van der Waals surface area (Å²) in [6.45, 7) is 37.5. The highest BCUT2D eigenvalue weighted by Crippen LogP contribution is 2.56. The molecule has 0 bridgehead atoms. The molecule has 0 spiro atoms. The second-order valence-corrected chi connectivity index (χ2v) is 40.0. The van der Waals surface area contributed by atoms with Crippen LogP contribution in [0.4, 0.5) is 34.1 Å². The summed E-state index contributed by atoms with van der Waals surface area (Å²) in [7, 11) is 0. The second-order valence-electron chi connectivity index (χ2n) is 40.0. The van der Waals surface area contributed by atoms with Gasteiger partial charge in [-0.15, -0.1) is 0 Å². The lowest BCUT2D eigenvalue weighted by molar-refractivity contribution is 0.568.